The molecular weight excluding hydrogens is 307 g/mol. The third-order valence-electron chi connectivity index (χ3n) is 4.28. The highest BCUT2D eigenvalue weighted by atomic mass is 19.1. The Kier molecular flexibility index (Phi) is 4.99. The van der Waals surface area contributed by atoms with Crippen LogP contribution < -0.4 is 9.64 Å². The maximum atomic E-state index is 13.5. The maximum absolute atomic E-state index is 13.5. The summed E-state index contributed by atoms with van der Waals surface area (Å²) in [6, 6.07) is 14.4. The highest BCUT2D eigenvalue weighted by Crippen LogP contribution is 2.21. The van der Waals surface area contributed by atoms with Gasteiger partial charge in [-0.15, -0.1) is 0 Å². The number of hydrogen-bond acceptors (Lipinski definition) is 3. The number of piperazine rings is 1. The molecule has 1 aliphatic heterocycles. The lowest BCUT2D eigenvalue weighted by molar-refractivity contribution is -0.133. The summed E-state index contributed by atoms with van der Waals surface area (Å²) in [7, 11) is 0. The first-order valence-corrected chi connectivity index (χ1v) is 8.11. The quantitative estimate of drug-likeness (QED) is 0.865. The molecule has 1 fully saturated rings. The van der Waals surface area contributed by atoms with E-state index in [9.17, 15) is 9.18 Å². The second kappa shape index (κ2) is 7.34. The molecule has 4 nitrogen and oxygen atoms in total. The van der Waals surface area contributed by atoms with Gasteiger partial charge in [0.05, 0.1) is 0 Å². The van der Waals surface area contributed by atoms with E-state index in [0.717, 1.165) is 13.1 Å². The lowest BCUT2D eigenvalue weighted by Crippen LogP contribution is -2.50. The first-order valence-electron chi connectivity index (χ1n) is 8.11. The monoisotopic (exact) mass is 328 g/mol. The molecule has 1 heterocycles. The van der Waals surface area contributed by atoms with Gasteiger partial charge >= 0.3 is 0 Å². The SMILES string of the molecule is Cc1ccccc1N1CCN(C(=O)COc2ccccc2F)CC1. The van der Waals surface area contributed by atoms with Crippen molar-refractivity contribution in [1.29, 1.82) is 0 Å². The van der Waals surface area contributed by atoms with Crippen LogP contribution in [0.25, 0.3) is 0 Å². The number of para-hydroxylation sites is 2. The molecule has 2 aromatic carbocycles. The molecule has 3 rings (SSSR count). The van der Waals surface area contributed by atoms with Crippen LogP contribution in [0.15, 0.2) is 48.5 Å². The normalized spacial score (nSPS) is 14.6. The predicted molar refractivity (Wildman–Crippen MR) is 91.9 cm³/mol. The van der Waals surface area contributed by atoms with Gasteiger partial charge in [-0.05, 0) is 30.7 Å². The van der Waals surface area contributed by atoms with Crippen LogP contribution in [0, 0.1) is 12.7 Å². The van der Waals surface area contributed by atoms with Crippen LogP contribution in [0.5, 0.6) is 5.75 Å². The average Bonchev–Trinajstić information content (AvgIpc) is 2.61. The van der Waals surface area contributed by atoms with E-state index in [1.54, 1.807) is 17.0 Å². The van der Waals surface area contributed by atoms with Gasteiger partial charge in [-0.2, -0.15) is 0 Å². The van der Waals surface area contributed by atoms with Crippen LogP contribution in [0.2, 0.25) is 0 Å². The summed E-state index contributed by atoms with van der Waals surface area (Å²) in [5, 5.41) is 0. The summed E-state index contributed by atoms with van der Waals surface area (Å²) >= 11 is 0. The van der Waals surface area contributed by atoms with Crippen molar-refractivity contribution in [1.82, 2.24) is 4.90 Å². The Balaban J connectivity index is 1.52. The number of nitrogens with zero attached hydrogens (tertiary/aromatic N) is 2. The predicted octanol–water partition coefficient (Wildman–Crippen LogP) is 2.86. The Bertz CT molecular complexity index is 712. The molecule has 0 aromatic heterocycles. The smallest absolute Gasteiger partial charge is 0.260 e. The van der Waals surface area contributed by atoms with E-state index in [1.807, 2.05) is 12.1 Å². The highest BCUT2D eigenvalue weighted by Gasteiger charge is 2.22. The molecule has 0 spiro atoms. The fraction of sp³-hybridized carbons (Fsp3) is 0.316. The van der Waals surface area contributed by atoms with E-state index in [0.29, 0.717) is 13.1 Å². The number of benzene rings is 2. The molecule has 126 valence electrons. The van der Waals surface area contributed by atoms with Crippen LogP contribution in [0.3, 0.4) is 0 Å². The summed E-state index contributed by atoms with van der Waals surface area (Å²) in [6.45, 7) is 4.83. The zero-order valence-corrected chi connectivity index (χ0v) is 13.7. The minimum atomic E-state index is -0.449. The second-order valence-corrected chi connectivity index (χ2v) is 5.87. The number of anilines is 1. The molecule has 0 unspecified atom stereocenters. The van der Waals surface area contributed by atoms with Crippen LogP contribution in [0.4, 0.5) is 10.1 Å². The minimum absolute atomic E-state index is 0.109. The van der Waals surface area contributed by atoms with Crippen LogP contribution in [-0.4, -0.2) is 43.6 Å². The standard InChI is InChI=1S/C19H21FN2O2/c1-15-6-2-4-8-17(15)21-10-12-22(13-11-21)19(23)14-24-18-9-5-3-7-16(18)20/h2-9H,10-14H2,1H3. The van der Waals surface area contributed by atoms with E-state index in [1.165, 1.54) is 23.4 Å². The van der Waals surface area contributed by atoms with Crippen molar-refractivity contribution >= 4 is 11.6 Å². The van der Waals surface area contributed by atoms with E-state index < -0.39 is 5.82 Å². The van der Waals surface area contributed by atoms with Gasteiger partial charge in [-0.3, -0.25) is 4.79 Å². The molecule has 1 aliphatic rings. The maximum Gasteiger partial charge on any atom is 0.260 e. The van der Waals surface area contributed by atoms with E-state index in [-0.39, 0.29) is 18.3 Å². The largest absolute Gasteiger partial charge is 0.481 e. The van der Waals surface area contributed by atoms with Crippen molar-refractivity contribution in [3.8, 4) is 5.75 Å². The summed E-state index contributed by atoms with van der Waals surface area (Å²) in [5.41, 5.74) is 2.45. The van der Waals surface area contributed by atoms with Gasteiger partial charge in [-0.25, -0.2) is 4.39 Å². The third kappa shape index (κ3) is 3.67. The third-order valence-corrected chi connectivity index (χ3v) is 4.28. The zero-order valence-electron chi connectivity index (χ0n) is 13.7. The number of aryl methyl sites for hydroxylation is 1. The number of carbonyl (C=O) groups is 1. The molecule has 0 saturated carbocycles. The molecular formula is C19H21FN2O2. The highest BCUT2D eigenvalue weighted by molar-refractivity contribution is 5.78. The summed E-state index contributed by atoms with van der Waals surface area (Å²) in [5.74, 6) is -0.443. The second-order valence-electron chi connectivity index (χ2n) is 5.87. The number of amides is 1. The molecule has 0 aliphatic carbocycles. The topological polar surface area (TPSA) is 32.8 Å². The first-order chi connectivity index (χ1) is 11.6. The summed E-state index contributed by atoms with van der Waals surface area (Å²) < 4.78 is 18.8. The summed E-state index contributed by atoms with van der Waals surface area (Å²) in [4.78, 5) is 16.3. The molecule has 0 radical (unpaired) electrons. The van der Waals surface area contributed by atoms with Crippen molar-refractivity contribution in [2.24, 2.45) is 0 Å². The Hall–Kier alpha value is -2.56. The number of halogens is 1. The van der Waals surface area contributed by atoms with Crippen molar-refractivity contribution in [2.75, 3.05) is 37.7 Å². The molecule has 1 amide bonds. The van der Waals surface area contributed by atoms with Crippen LogP contribution in [0.1, 0.15) is 5.56 Å². The van der Waals surface area contributed by atoms with Crippen molar-refractivity contribution in [2.45, 2.75) is 6.92 Å². The number of ether oxygens (including phenoxy) is 1. The van der Waals surface area contributed by atoms with E-state index >= 15 is 0 Å². The van der Waals surface area contributed by atoms with Crippen molar-refractivity contribution in [3.05, 3.63) is 59.9 Å². The first kappa shape index (κ1) is 16.3. The Morgan fingerprint density at radius 2 is 1.71 bits per heavy atom. The van der Waals surface area contributed by atoms with E-state index in [4.69, 9.17) is 4.74 Å². The Labute approximate surface area is 141 Å². The number of hydrogen-bond donors (Lipinski definition) is 0. The van der Waals surface area contributed by atoms with Gasteiger partial charge in [0.1, 0.15) is 0 Å². The fourth-order valence-electron chi connectivity index (χ4n) is 2.91. The average molecular weight is 328 g/mol. The minimum Gasteiger partial charge on any atom is -0.481 e. The van der Waals surface area contributed by atoms with Gasteiger partial charge in [0.2, 0.25) is 0 Å². The van der Waals surface area contributed by atoms with Gasteiger partial charge in [0, 0.05) is 31.9 Å². The van der Waals surface area contributed by atoms with Crippen molar-refractivity contribution in [3.63, 3.8) is 0 Å². The van der Waals surface area contributed by atoms with Crippen LogP contribution in [-0.2, 0) is 4.79 Å². The summed E-state index contributed by atoms with van der Waals surface area (Å²) in [6.07, 6.45) is 0. The Morgan fingerprint density at radius 1 is 1.04 bits per heavy atom. The number of rotatable bonds is 4. The Morgan fingerprint density at radius 3 is 2.42 bits per heavy atom. The molecule has 0 atom stereocenters. The fourth-order valence-corrected chi connectivity index (χ4v) is 2.91. The number of carbonyl (C=O) groups excluding carboxylic acids is 1. The van der Waals surface area contributed by atoms with Crippen LogP contribution >= 0.6 is 0 Å². The lowest BCUT2D eigenvalue weighted by atomic mass is 10.1. The van der Waals surface area contributed by atoms with Gasteiger partial charge in [-0.1, -0.05) is 30.3 Å². The molecule has 0 N–H and O–H groups in total. The molecule has 1 saturated heterocycles. The molecule has 24 heavy (non-hydrogen) atoms. The zero-order chi connectivity index (χ0) is 16.9. The van der Waals surface area contributed by atoms with Gasteiger partial charge < -0.3 is 14.5 Å². The van der Waals surface area contributed by atoms with Crippen molar-refractivity contribution < 1.29 is 13.9 Å². The molecule has 5 heteroatoms. The molecule has 0 bridgehead atoms. The van der Waals surface area contributed by atoms with Gasteiger partial charge in [0.25, 0.3) is 5.91 Å². The van der Waals surface area contributed by atoms with E-state index in [2.05, 4.69) is 24.0 Å². The lowest BCUT2D eigenvalue weighted by Gasteiger charge is -2.36. The molecule has 2 aromatic rings. The van der Waals surface area contributed by atoms with Gasteiger partial charge in [0.15, 0.2) is 18.2 Å².